The number of imidazole rings is 1. The van der Waals surface area contributed by atoms with Crippen LogP contribution in [0.3, 0.4) is 0 Å². The maximum atomic E-state index is 4.42. The van der Waals surface area contributed by atoms with Gasteiger partial charge in [0, 0.05) is 47.6 Å². The van der Waals surface area contributed by atoms with E-state index in [-0.39, 0.29) is 16.2 Å². The van der Waals surface area contributed by atoms with E-state index < -0.39 is 0 Å². The molecule has 0 aliphatic carbocycles. The summed E-state index contributed by atoms with van der Waals surface area (Å²) in [7, 11) is 0. The second-order valence-corrected chi connectivity index (χ2v) is 13.3. The van der Waals surface area contributed by atoms with E-state index in [1.54, 1.807) is 6.20 Å². The third-order valence-corrected chi connectivity index (χ3v) is 6.77. The molecule has 5 aromatic rings. The summed E-state index contributed by atoms with van der Waals surface area (Å²) >= 11 is 0. The van der Waals surface area contributed by atoms with E-state index in [0.29, 0.717) is 0 Å². The van der Waals surface area contributed by atoms with Crippen LogP contribution in [0.1, 0.15) is 84.8 Å². The van der Waals surface area contributed by atoms with Gasteiger partial charge in [0.15, 0.2) is 11.5 Å². The SMILES string of the molecule is CC(C)(C)c1ccc2ncccc2c1.CC(C)(C)c1cnc2c(c1)CC=N2.CC(C)(C)c1nc2ncccc2[nH]1. The van der Waals surface area contributed by atoms with Crippen LogP contribution in [0, 0.1) is 0 Å². The van der Waals surface area contributed by atoms with Gasteiger partial charge in [0.1, 0.15) is 5.82 Å². The number of pyridine rings is 3. The van der Waals surface area contributed by atoms with Crippen LogP contribution in [0.5, 0.6) is 0 Å². The van der Waals surface area contributed by atoms with Crippen LogP contribution in [0.15, 0.2) is 72.1 Å². The molecule has 208 valence electrons. The Kier molecular flexibility index (Phi) is 8.20. The lowest BCUT2D eigenvalue weighted by Crippen LogP contribution is -2.12. The van der Waals surface area contributed by atoms with Crippen LogP contribution in [0.2, 0.25) is 0 Å². The van der Waals surface area contributed by atoms with Crippen molar-refractivity contribution in [1.82, 2.24) is 24.9 Å². The first-order valence-corrected chi connectivity index (χ1v) is 13.9. The highest BCUT2D eigenvalue weighted by atomic mass is 15.0. The maximum absolute atomic E-state index is 4.42. The van der Waals surface area contributed by atoms with Crippen molar-refractivity contribution in [2.75, 3.05) is 0 Å². The van der Waals surface area contributed by atoms with Crippen LogP contribution in [-0.2, 0) is 22.7 Å². The Morgan fingerprint density at radius 3 is 2.08 bits per heavy atom. The van der Waals surface area contributed by atoms with Gasteiger partial charge >= 0.3 is 0 Å². The van der Waals surface area contributed by atoms with Gasteiger partial charge in [-0.2, -0.15) is 0 Å². The first kappa shape index (κ1) is 29.1. The van der Waals surface area contributed by atoms with E-state index in [4.69, 9.17) is 0 Å². The topological polar surface area (TPSA) is 79.7 Å². The number of aromatic nitrogens is 5. The molecule has 0 saturated carbocycles. The van der Waals surface area contributed by atoms with Crippen molar-refractivity contribution in [3.05, 3.63) is 89.6 Å². The number of nitrogens with one attached hydrogen (secondary N) is 1. The number of nitrogens with zero attached hydrogens (tertiary/aromatic N) is 5. The summed E-state index contributed by atoms with van der Waals surface area (Å²) in [5.41, 5.74) is 7.23. The van der Waals surface area contributed by atoms with Gasteiger partial charge in [-0.25, -0.2) is 19.9 Å². The monoisotopic (exact) mass is 534 g/mol. The predicted octanol–water partition coefficient (Wildman–Crippen LogP) is 8.43. The lowest BCUT2D eigenvalue weighted by Gasteiger charge is -2.19. The quantitative estimate of drug-likeness (QED) is 0.216. The maximum Gasteiger partial charge on any atom is 0.177 e. The van der Waals surface area contributed by atoms with Crippen molar-refractivity contribution < 1.29 is 0 Å². The van der Waals surface area contributed by atoms with Gasteiger partial charge in [0.2, 0.25) is 0 Å². The van der Waals surface area contributed by atoms with Gasteiger partial charge in [-0.1, -0.05) is 74.4 Å². The minimum absolute atomic E-state index is 0.0562. The molecule has 0 saturated heterocycles. The lowest BCUT2D eigenvalue weighted by atomic mass is 9.86. The molecule has 0 spiro atoms. The minimum Gasteiger partial charge on any atom is -0.340 e. The van der Waals surface area contributed by atoms with E-state index in [0.717, 1.165) is 34.7 Å². The number of aromatic amines is 1. The molecule has 1 aliphatic rings. The van der Waals surface area contributed by atoms with Crippen molar-refractivity contribution >= 4 is 34.1 Å². The second-order valence-electron chi connectivity index (χ2n) is 13.3. The van der Waals surface area contributed by atoms with Crippen molar-refractivity contribution in [2.45, 2.75) is 85.0 Å². The molecule has 6 rings (SSSR count). The third kappa shape index (κ3) is 7.17. The van der Waals surface area contributed by atoms with Crippen molar-refractivity contribution in [1.29, 1.82) is 0 Å². The van der Waals surface area contributed by atoms with Crippen molar-refractivity contribution in [3.8, 4) is 0 Å². The highest BCUT2D eigenvalue weighted by Gasteiger charge is 2.19. The average molecular weight is 535 g/mol. The largest absolute Gasteiger partial charge is 0.340 e. The Bertz CT molecular complexity index is 1590. The molecule has 0 atom stereocenters. The van der Waals surface area contributed by atoms with E-state index in [2.05, 4.69) is 123 Å². The summed E-state index contributed by atoms with van der Waals surface area (Å²) in [6.45, 7) is 19.7. The standard InChI is InChI=1S/C13H15N.C11H14N2.C10H13N3/c1-13(2,3)11-6-7-12-10(9-11)5-4-8-14-12;1-11(2,3)9-6-8-4-5-12-10(8)13-7-9;1-10(2,3)9-12-7-5-4-6-11-8(7)13-9/h4-9H,1-3H3;5-7H,4H2,1-3H3;4-6H,1-3H3,(H,11,12,13). The van der Waals surface area contributed by atoms with Crippen molar-refractivity contribution in [3.63, 3.8) is 0 Å². The zero-order valence-corrected chi connectivity index (χ0v) is 25.4. The molecule has 0 amide bonds. The number of hydrogen-bond donors (Lipinski definition) is 1. The highest BCUT2D eigenvalue weighted by Crippen LogP contribution is 2.28. The van der Waals surface area contributed by atoms with E-state index in [9.17, 15) is 0 Å². The fourth-order valence-electron chi connectivity index (χ4n) is 4.15. The number of H-pyrrole nitrogens is 1. The summed E-state index contributed by atoms with van der Waals surface area (Å²) in [5, 5.41) is 1.22. The van der Waals surface area contributed by atoms with Crippen LogP contribution in [0.25, 0.3) is 22.1 Å². The summed E-state index contributed by atoms with van der Waals surface area (Å²) in [6.07, 6.45) is 8.38. The number of rotatable bonds is 0. The van der Waals surface area contributed by atoms with Gasteiger partial charge < -0.3 is 4.98 Å². The first-order valence-electron chi connectivity index (χ1n) is 13.9. The molecule has 1 aromatic carbocycles. The molecular formula is C34H42N6. The molecular weight excluding hydrogens is 492 g/mol. The summed E-state index contributed by atoms with van der Waals surface area (Å²) in [4.78, 5) is 24.7. The molecule has 0 fully saturated rings. The molecule has 0 unspecified atom stereocenters. The fraction of sp³-hybridized carbons (Fsp3) is 0.382. The fourth-order valence-corrected chi connectivity index (χ4v) is 4.15. The predicted molar refractivity (Wildman–Crippen MR) is 168 cm³/mol. The van der Waals surface area contributed by atoms with Crippen molar-refractivity contribution in [2.24, 2.45) is 4.99 Å². The smallest absolute Gasteiger partial charge is 0.177 e. The lowest BCUT2D eigenvalue weighted by molar-refractivity contribution is 0.554. The molecule has 1 aliphatic heterocycles. The second kappa shape index (κ2) is 11.3. The Labute approximate surface area is 238 Å². The van der Waals surface area contributed by atoms with Crippen LogP contribution < -0.4 is 0 Å². The van der Waals surface area contributed by atoms with E-state index in [1.807, 2.05) is 36.8 Å². The molecule has 1 N–H and O–H groups in total. The van der Waals surface area contributed by atoms with Gasteiger partial charge in [-0.05, 0) is 58.4 Å². The Morgan fingerprint density at radius 1 is 0.700 bits per heavy atom. The molecule has 4 aromatic heterocycles. The molecule has 6 heteroatoms. The minimum atomic E-state index is 0.0562. The molecule has 5 heterocycles. The number of hydrogen-bond acceptors (Lipinski definition) is 5. The first-order chi connectivity index (χ1) is 18.7. The Hall–Kier alpha value is -3.93. The zero-order chi connectivity index (χ0) is 29.1. The highest BCUT2D eigenvalue weighted by molar-refractivity contribution is 5.79. The van der Waals surface area contributed by atoms with Crippen LogP contribution >= 0.6 is 0 Å². The normalized spacial score (nSPS) is 12.9. The Balaban J connectivity index is 0.000000139. The molecule has 6 nitrogen and oxygen atoms in total. The van der Waals surface area contributed by atoms with Crippen LogP contribution in [0.4, 0.5) is 5.82 Å². The van der Waals surface area contributed by atoms with Gasteiger partial charge in [-0.3, -0.25) is 4.98 Å². The molecule has 40 heavy (non-hydrogen) atoms. The van der Waals surface area contributed by atoms with Gasteiger partial charge in [0.25, 0.3) is 0 Å². The Morgan fingerprint density at radius 2 is 1.40 bits per heavy atom. The average Bonchev–Trinajstić information content (AvgIpc) is 3.55. The molecule has 0 bridgehead atoms. The number of fused-ring (bicyclic) bond motifs is 3. The van der Waals surface area contributed by atoms with E-state index >= 15 is 0 Å². The summed E-state index contributed by atoms with van der Waals surface area (Å²) in [6, 6.07) is 16.7. The number of benzene rings is 1. The van der Waals surface area contributed by atoms with Gasteiger partial charge in [0.05, 0.1) is 11.0 Å². The summed E-state index contributed by atoms with van der Waals surface area (Å²) < 4.78 is 0. The number of aliphatic imine (C=N–C) groups is 1. The summed E-state index contributed by atoms with van der Waals surface area (Å²) in [5.74, 6) is 1.88. The zero-order valence-electron chi connectivity index (χ0n) is 25.4. The van der Waals surface area contributed by atoms with Crippen LogP contribution in [-0.4, -0.2) is 31.1 Å². The van der Waals surface area contributed by atoms with Gasteiger partial charge in [-0.15, -0.1) is 0 Å². The third-order valence-electron chi connectivity index (χ3n) is 6.77. The molecule has 0 radical (unpaired) electrons. The van der Waals surface area contributed by atoms with E-state index in [1.165, 1.54) is 22.1 Å².